The van der Waals surface area contributed by atoms with Gasteiger partial charge in [-0.2, -0.15) is 130 Å². The largest absolute Gasteiger partial charge is 0.491 e. The van der Waals surface area contributed by atoms with Gasteiger partial charge in [-0.05, 0) is 262 Å². The van der Waals surface area contributed by atoms with Gasteiger partial charge < -0.3 is 26.0 Å². The van der Waals surface area contributed by atoms with Crippen molar-refractivity contribution in [3.63, 3.8) is 0 Å². The van der Waals surface area contributed by atoms with E-state index in [9.17, 15) is 51.9 Å². The summed E-state index contributed by atoms with van der Waals surface area (Å²) in [6, 6.07) is 69.5. The summed E-state index contributed by atoms with van der Waals surface area (Å²) in [5, 5.41) is 81.9. The van der Waals surface area contributed by atoms with Gasteiger partial charge >= 0.3 is 0 Å². The highest BCUT2D eigenvalue weighted by molar-refractivity contribution is 7.86. The molecule has 12 aromatic carbocycles. The zero-order valence-electron chi connectivity index (χ0n) is 70.5. The first kappa shape index (κ1) is 92.3. The Bertz CT molecular complexity index is 7360. The summed E-state index contributed by atoms with van der Waals surface area (Å²) in [7, 11) is -18.4. The zero-order chi connectivity index (χ0) is 92.9. The Balaban J connectivity index is 0.723. The van der Waals surface area contributed by atoms with Crippen molar-refractivity contribution in [2.45, 2.75) is 73.5 Å². The van der Waals surface area contributed by atoms with Gasteiger partial charge in [0, 0.05) is 37.7 Å². The van der Waals surface area contributed by atoms with Crippen LogP contribution in [0.3, 0.4) is 0 Å². The highest BCUT2D eigenvalue weighted by Crippen LogP contribution is 2.40. The van der Waals surface area contributed by atoms with Crippen LogP contribution >= 0.6 is 0 Å². The third-order valence-corrected chi connectivity index (χ3v) is 22.4. The van der Waals surface area contributed by atoms with E-state index in [2.05, 4.69) is 103 Å². The van der Waals surface area contributed by atoms with Gasteiger partial charge in [0.1, 0.15) is 38.6 Å². The lowest BCUT2D eigenvalue weighted by Gasteiger charge is -2.16. The fourth-order valence-electron chi connectivity index (χ4n) is 12.3. The molecule has 0 radical (unpaired) electrons. The summed E-state index contributed by atoms with van der Waals surface area (Å²) in [6.45, 7) is 9.85. The highest BCUT2D eigenvalue weighted by Gasteiger charge is 2.22. The molecular formula is C89H78N26O13S4. The average molecular weight is 1850 g/mol. The molecule has 2 heterocycles. The van der Waals surface area contributed by atoms with Crippen molar-refractivity contribution < 1.29 is 56.6 Å². The van der Waals surface area contributed by atoms with Crippen molar-refractivity contribution in [1.29, 1.82) is 0 Å². The molecule has 132 heavy (non-hydrogen) atoms. The van der Waals surface area contributed by atoms with Crippen LogP contribution in [0.25, 0.3) is 0 Å². The van der Waals surface area contributed by atoms with Crippen LogP contribution in [-0.4, -0.2) is 101 Å². The molecule has 2 aromatic heterocycles. The van der Waals surface area contributed by atoms with Gasteiger partial charge in [-0.15, -0.1) is 10.2 Å². The second kappa shape index (κ2) is 41.9. The maximum absolute atomic E-state index is 12.8. The first-order valence-electron chi connectivity index (χ1n) is 40.0. The van der Waals surface area contributed by atoms with Crippen LogP contribution in [0.1, 0.15) is 58.4 Å². The van der Waals surface area contributed by atoms with Crippen LogP contribution in [0.5, 0.6) is 5.75 Å². The Hall–Kier alpha value is -15.9. The summed E-state index contributed by atoms with van der Waals surface area (Å²) in [5.41, 5.74) is 10.9. The number of anilines is 6. The molecule has 0 aliphatic rings. The molecule has 8 N–H and O–H groups in total. The lowest BCUT2D eigenvalue weighted by Crippen LogP contribution is -2.19. The molecule has 0 fully saturated rings. The van der Waals surface area contributed by atoms with Crippen molar-refractivity contribution in [3.8, 4) is 5.75 Å². The van der Waals surface area contributed by atoms with Gasteiger partial charge in [0.2, 0.25) is 23.8 Å². The van der Waals surface area contributed by atoms with Crippen LogP contribution < -0.4 is 26.0 Å². The third-order valence-electron chi connectivity index (χ3n) is 18.9. The minimum absolute atomic E-state index is 0.0505. The Morgan fingerprint density at radius 1 is 0.295 bits per heavy atom. The van der Waals surface area contributed by atoms with Crippen LogP contribution in [0.15, 0.2) is 362 Å². The van der Waals surface area contributed by atoms with Gasteiger partial charge in [-0.3, -0.25) is 18.2 Å². The van der Waals surface area contributed by atoms with Crippen molar-refractivity contribution in [1.82, 2.24) is 29.9 Å². The molecule has 0 saturated heterocycles. The second-order valence-electron chi connectivity index (χ2n) is 29.0. The predicted molar refractivity (Wildman–Crippen MR) is 494 cm³/mol. The quantitative estimate of drug-likeness (QED) is 0.0103. The fraction of sp³-hybridized carbons (Fsp3) is 0.124. The van der Waals surface area contributed by atoms with Gasteiger partial charge in [-0.1, -0.05) is 67.6 Å². The van der Waals surface area contributed by atoms with Crippen LogP contribution in [0.4, 0.5) is 126 Å². The van der Waals surface area contributed by atoms with Crippen LogP contribution in [0, 0.1) is 27.7 Å². The molecule has 0 saturated carbocycles. The van der Waals surface area contributed by atoms with Crippen molar-refractivity contribution in [3.05, 3.63) is 306 Å². The molecule has 39 nitrogen and oxygen atoms in total. The maximum atomic E-state index is 12.8. The molecule has 0 atom stereocenters. The van der Waals surface area contributed by atoms with E-state index in [1.807, 2.05) is 76.2 Å². The number of rotatable bonds is 36. The van der Waals surface area contributed by atoms with E-state index >= 15 is 0 Å². The minimum atomic E-state index is -4.84. The average Bonchev–Trinajstić information content (AvgIpc) is 0.806. The summed E-state index contributed by atoms with van der Waals surface area (Å²) in [5.74, 6) is 1.57. The summed E-state index contributed by atoms with van der Waals surface area (Å²) in [4.78, 5) is 27.6. The van der Waals surface area contributed by atoms with E-state index in [0.717, 1.165) is 34.4 Å². The van der Waals surface area contributed by atoms with Gasteiger partial charge in [0.05, 0.1) is 102 Å². The monoisotopic (exact) mass is 1850 g/mol. The molecule has 0 aliphatic heterocycles. The minimum Gasteiger partial charge on any atom is -0.491 e. The molecule has 666 valence electrons. The number of benzene rings is 12. The molecular weight excluding hydrogens is 1770 g/mol. The van der Waals surface area contributed by atoms with Crippen LogP contribution in [0.2, 0.25) is 0 Å². The Morgan fingerprint density at radius 2 is 0.621 bits per heavy atom. The number of aryl methyl sites for hydroxylation is 4. The van der Waals surface area contributed by atoms with E-state index in [1.54, 1.807) is 134 Å². The van der Waals surface area contributed by atoms with Crippen molar-refractivity contribution in [2.24, 2.45) is 81.8 Å². The van der Waals surface area contributed by atoms with E-state index in [-0.39, 0.29) is 94.6 Å². The number of ether oxygens (including phenoxy) is 1. The SMILES string of the molecule is CCCOc1cc(N=Nc2ccc(N=Nc3ccccc3)cc2S(=O)(=O)O)c(C)cc1Nc1nc(NCCNc2nc(Cc3ccc(N=Nc4ccc(N=Nc5ccc(S(=O)(=O)O)cc5)cc4)c(C)c3)nc(Cc3ccc(N=Nc4ccc(N=Nc5ccccc5)cc4S(=O)(=O)O)c(C)c3)n2)nc(Nc2ccc(N=Nc3ccc(N=Nc4ccc(S(=O)(=O)O)cc4)cc3)c(C)c2)n1. The highest BCUT2D eigenvalue weighted by atomic mass is 32.2. The number of hydrogen-bond donors (Lipinski definition) is 8. The summed E-state index contributed by atoms with van der Waals surface area (Å²) >= 11 is 0. The van der Waals surface area contributed by atoms with Crippen molar-refractivity contribution >= 4 is 167 Å². The molecule has 0 aliphatic carbocycles. The fourth-order valence-corrected chi connectivity index (χ4v) is 14.6. The van der Waals surface area contributed by atoms with Gasteiger partial charge in [0.25, 0.3) is 40.5 Å². The van der Waals surface area contributed by atoms with Gasteiger partial charge in [0.15, 0.2) is 0 Å². The second-order valence-corrected chi connectivity index (χ2v) is 34.6. The maximum Gasteiger partial charge on any atom is 0.296 e. The smallest absolute Gasteiger partial charge is 0.296 e. The first-order chi connectivity index (χ1) is 63.4. The molecule has 0 spiro atoms. The number of nitrogens with one attached hydrogen (secondary N) is 4. The lowest BCUT2D eigenvalue weighted by atomic mass is 10.1. The Labute approximate surface area is 756 Å². The molecule has 0 amide bonds. The molecule has 43 heteroatoms. The normalized spacial score (nSPS) is 12.3. The molecule has 14 aromatic rings. The van der Waals surface area contributed by atoms with Gasteiger partial charge in [-0.25, -0.2) is 4.98 Å². The lowest BCUT2D eigenvalue weighted by molar-refractivity contribution is 0.319. The Morgan fingerprint density at radius 3 is 1.02 bits per heavy atom. The Kier molecular flexibility index (Phi) is 29.3. The standard InChI is InChI=1S/C89H78N26O13S4/c1-6-45-128-81-54-79(115-114-78-42-33-71(53-83(78)132(125,126)127)109-101-62-15-11-8-12-16-62)58(5)49-80(81)93-89-98-87(97-88(99-89)92-69-31-40-76(57(4)48-69)111-107-66-25-21-64(22-26-66)103-105-68-29-36-73(37-30-68)130(119,120)121)91-44-43-90-86-95-84(50-59-17-38-74(55(2)46-59)110-106-65-23-19-63(20-24-65)102-104-67-27-34-72(35-28-67)129(116,117)118)94-85(96-86)51-60-18-39-75(56(3)47-60)112-113-77-41-32-70(52-82(77)131(122,123)124)108-100-61-13-9-7-10-14-61/h7-42,46-49,52-54H,6,43-45,50-51H2,1-5H3,(H,116,117,118)(H,119,120,121)(H,122,123,124)(H,125,126,127)(H,90,94,95,96)(H3,91,92,93,97,98,99). The summed E-state index contributed by atoms with van der Waals surface area (Å²) in [6.07, 6.45) is 1.05. The number of azo groups is 8. The zero-order valence-corrected chi connectivity index (χ0v) is 73.8. The van der Waals surface area contributed by atoms with Crippen LogP contribution in [-0.2, 0) is 53.3 Å². The molecule has 0 bridgehead atoms. The van der Waals surface area contributed by atoms with E-state index in [4.69, 9.17) is 34.6 Å². The first-order valence-corrected chi connectivity index (χ1v) is 45.8. The molecule has 14 rings (SSSR count). The number of aromatic nitrogens is 6. The van der Waals surface area contributed by atoms with E-state index in [0.29, 0.717) is 109 Å². The number of nitrogens with zero attached hydrogens (tertiary/aromatic N) is 22. The van der Waals surface area contributed by atoms with E-state index in [1.165, 1.54) is 72.8 Å². The predicted octanol–water partition coefficient (Wildman–Crippen LogP) is 24.6. The molecule has 0 unspecified atom stereocenters. The van der Waals surface area contributed by atoms with E-state index < -0.39 is 50.3 Å². The topological polar surface area (TPSA) is 550 Å². The third kappa shape index (κ3) is 26.2. The van der Waals surface area contributed by atoms with Crippen molar-refractivity contribution in [2.75, 3.05) is 41.0 Å². The number of hydrogen-bond acceptors (Lipinski definition) is 35. The summed E-state index contributed by atoms with van der Waals surface area (Å²) < 4.78 is 143.